The van der Waals surface area contributed by atoms with E-state index in [0.717, 1.165) is 50.6 Å². The maximum Gasteiger partial charge on any atom is 0.323 e. The summed E-state index contributed by atoms with van der Waals surface area (Å²) in [7, 11) is 1.55. The number of nitrogens with zero attached hydrogens (tertiary/aromatic N) is 2. The number of anilines is 1. The first-order valence-electron chi connectivity index (χ1n) is 13.6. The van der Waals surface area contributed by atoms with E-state index in [0.29, 0.717) is 28.5 Å². The molecule has 0 radical (unpaired) electrons. The van der Waals surface area contributed by atoms with Crippen LogP contribution in [0.2, 0.25) is 0 Å². The summed E-state index contributed by atoms with van der Waals surface area (Å²) in [6.07, 6.45) is 3.19. The normalized spacial score (nSPS) is 20.0. The van der Waals surface area contributed by atoms with Crippen LogP contribution in [0.5, 0.6) is 5.75 Å². The van der Waals surface area contributed by atoms with Crippen molar-refractivity contribution in [3.8, 4) is 17.6 Å². The molecule has 2 aromatic carbocycles. The van der Waals surface area contributed by atoms with Gasteiger partial charge in [0.15, 0.2) is 5.11 Å². The van der Waals surface area contributed by atoms with Gasteiger partial charge in [0.2, 0.25) is 5.54 Å². The minimum absolute atomic E-state index is 0.130. The number of hydrogen-bond donors (Lipinski definition) is 4. The van der Waals surface area contributed by atoms with E-state index < -0.39 is 17.5 Å². The van der Waals surface area contributed by atoms with Crippen molar-refractivity contribution in [2.45, 2.75) is 12.1 Å². The number of fused-ring (bicyclic) bond motifs is 1. The van der Waals surface area contributed by atoms with Crippen LogP contribution >= 0.6 is 12.2 Å². The van der Waals surface area contributed by atoms with Crippen molar-refractivity contribution in [3.63, 3.8) is 0 Å². The third-order valence-electron chi connectivity index (χ3n) is 7.15. The highest BCUT2D eigenvalue weighted by Crippen LogP contribution is 2.26. The summed E-state index contributed by atoms with van der Waals surface area (Å²) in [4.78, 5) is 41.6. The van der Waals surface area contributed by atoms with Gasteiger partial charge in [0.1, 0.15) is 5.75 Å². The lowest BCUT2D eigenvalue weighted by molar-refractivity contribution is -0.120. The number of nitrogens with one attached hydrogen (secondary N) is 4. The smallest absolute Gasteiger partial charge is 0.323 e. The monoisotopic (exact) mass is 588 g/mol. The summed E-state index contributed by atoms with van der Waals surface area (Å²) in [6, 6.07) is 12.0. The molecule has 12 heteroatoms. The Morgan fingerprint density at radius 3 is 2.67 bits per heavy atom. The summed E-state index contributed by atoms with van der Waals surface area (Å²) in [5.41, 5.74) is 1.37. The SMILES string of the molecule is COc1ccc2c(c1)C(=O)N(CC=CC1(C#Cc3ccc(NC(=S)NCCN4CCOCC4)cc3)NC(=O)NC1=O)C2. The molecule has 5 rings (SSSR count). The van der Waals surface area contributed by atoms with Gasteiger partial charge in [-0.2, -0.15) is 0 Å². The number of morpholine rings is 1. The number of imide groups is 1. The molecule has 1 atom stereocenters. The fourth-order valence-electron chi connectivity index (χ4n) is 4.82. The molecule has 2 fully saturated rings. The molecule has 0 aromatic heterocycles. The minimum Gasteiger partial charge on any atom is -0.497 e. The molecule has 4 N–H and O–H groups in total. The highest BCUT2D eigenvalue weighted by Gasteiger charge is 2.43. The van der Waals surface area contributed by atoms with E-state index in [2.05, 4.69) is 38.0 Å². The number of hydrogen-bond acceptors (Lipinski definition) is 7. The van der Waals surface area contributed by atoms with Gasteiger partial charge >= 0.3 is 6.03 Å². The lowest BCUT2D eigenvalue weighted by atomic mass is 9.99. The standard InChI is InChI=1S/C30H32N6O5S/c1-40-24-8-5-22-20-36(26(37)25(22)19-24)13-2-10-30(27(38)33-28(39)34-30)11-9-21-3-6-23(7-4-21)32-29(42)31-12-14-35-15-17-41-18-16-35/h2-8,10,19H,12-18,20H2,1H3,(H2,31,32,42)(H2,33,34,38,39). The minimum atomic E-state index is -1.56. The first-order valence-corrected chi connectivity index (χ1v) is 14.0. The lowest BCUT2D eigenvalue weighted by Crippen LogP contribution is -2.43. The Morgan fingerprint density at radius 2 is 1.95 bits per heavy atom. The Hall–Kier alpha value is -4.44. The molecular weight excluding hydrogens is 556 g/mol. The lowest BCUT2D eigenvalue weighted by Gasteiger charge is -2.26. The second-order valence-electron chi connectivity index (χ2n) is 9.99. The number of ether oxygens (including phenoxy) is 2. The van der Waals surface area contributed by atoms with Crippen molar-refractivity contribution >= 4 is 40.9 Å². The van der Waals surface area contributed by atoms with Crippen LogP contribution < -0.4 is 26.0 Å². The second-order valence-corrected chi connectivity index (χ2v) is 10.4. The zero-order valence-corrected chi connectivity index (χ0v) is 24.0. The highest BCUT2D eigenvalue weighted by atomic mass is 32.1. The van der Waals surface area contributed by atoms with Crippen LogP contribution in [0.1, 0.15) is 21.5 Å². The summed E-state index contributed by atoms with van der Waals surface area (Å²) in [5, 5.41) is 11.7. The van der Waals surface area contributed by atoms with Gasteiger partial charge in [-0.3, -0.25) is 19.8 Å². The second kappa shape index (κ2) is 13.0. The van der Waals surface area contributed by atoms with Crippen LogP contribution in [-0.2, 0) is 16.1 Å². The van der Waals surface area contributed by atoms with Crippen LogP contribution in [-0.4, -0.2) is 91.3 Å². The van der Waals surface area contributed by atoms with E-state index in [4.69, 9.17) is 21.7 Å². The van der Waals surface area contributed by atoms with E-state index in [1.807, 2.05) is 24.3 Å². The predicted octanol–water partition coefficient (Wildman–Crippen LogP) is 1.46. The zero-order chi connectivity index (χ0) is 29.5. The Kier molecular flexibility index (Phi) is 9.02. The number of amides is 4. The van der Waals surface area contributed by atoms with Gasteiger partial charge in [0.05, 0.1) is 20.3 Å². The van der Waals surface area contributed by atoms with Crippen molar-refractivity contribution in [1.29, 1.82) is 0 Å². The maximum absolute atomic E-state index is 12.8. The molecule has 1 unspecified atom stereocenters. The third kappa shape index (κ3) is 6.88. The van der Waals surface area contributed by atoms with Gasteiger partial charge in [0.25, 0.3) is 11.8 Å². The van der Waals surface area contributed by atoms with Crippen molar-refractivity contribution in [2.75, 3.05) is 58.4 Å². The Labute approximate surface area is 249 Å². The third-order valence-corrected chi connectivity index (χ3v) is 7.40. The molecule has 4 amide bonds. The zero-order valence-electron chi connectivity index (χ0n) is 23.2. The summed E-state index contributed by atoms with van der Waals surface area (Å²) in [6.45, 7) is 5.67. The van der Waals surface area contributed by atoms with Gasteiger partial charge in [-0.05, 0) is 60.3 Å². The first kappa shape index (κ1) is 29.1. The number of carbonyl (C=O) groups is 3. The molecule has 2 saturated heterocycles. The maximum atomic E-state index is 12.8. The van der Waals surface area contributed by atoms with Crippen molar-refractivity contribution in [2.24, 2.45) is 0 Å². The molecular formula is C30H32N6O5S. The number of urea groups is 1. The molecule has 218 valence electrons. The van der Waals surface area contributed by atoms with E-state index in [1.54, 1.807) is 36.3 Å². The predicted molar refractivity (Wildman–Crippen MR) is 161 cm³/mol. The highest BCUT2D eigenvalue weighted by molar-refractivity contribution is 7.80. The molecule has 2 aromatic rings. The van der Waals surface area contributed by atoms with Gasteiger partial charge in [0, 0.05) is 56.1 Å². The molecule has 3 aliphatic rings. The van der Waals surface area contributed by atoms with Gasteiger partial charge in [-0.1, -0.05) is 24.0 Å². The van der Waals surface area contributed by atoms with Crippen LogP contribution in [0.3, 0.4) is 0 Å². The molecule has 0 aliphatic carbocycles. The molecule has 0 bridgehead atoms. The molecule has 0 saturated carbocycles. The van der Waals surface area contributed by atoms with Crippen molar-refractivity contribution in [3.05, 3.63) is 71.3 Å². The fraction of sp³-hybridized carbons (Fsp3) is 0.333. The quantitative estimate of drug-likeness (QED) is 0.157. The largest absolute Gasteiger partial charge is 0.497 e. The Bertz CT molecular complexity index is 1460. The number of rotatable bonds is 8. The van der Waals surface area contributed by atoms with Crippen LogP contribution in [0.25, 0.3) is 0 Å². The number of methoxy groups -OCH3 is 1. The molecule has 42 heavy (non-hydrogen) atoms. The average Bonchev–Trinajstić information content (AvgIpc) is 3.46. The number of carbonyl (C=O) groups excluding carboxylic acids is 3. The Morgan fingerprint density at radius 1 is 1.17 bits per heavy atom. The van der Waals surface area contributed by atoms with Crippen LogP contribution in [0.4, 0.5) is 10.5 Å². The molecule has 3 aliphatic heterocycles. The van der Waals surface area contributed by atoms with Gasteiger partial charge in [-0.25, -0.2) is 4.79 Å². The van der Waals surface area contributed by atoms with Crippen molar-refractivity contribution < 1.29 is 23.9 Å². The van der Waals surface area contributed by atoms with E-state index >= 15 is 0 Å². The summed E-state index contributed by atoms with van der Waals surface area (Å²) < 4.78 is 10.6. The molecule has 3 heterocycles. The summed E-state index contributed by atoms with van der Waals surface area (Å²) in [5.74, 6) is 5.79. The van der Waals surface area contributed by atoms with Gasteiger partial charge in [-0.15, -0.1) is 0 Å². The first-order chi connectivity index (χ1) is 20.3. The van der Waals surface area contributed by atoms with E-state index in [1.165, 1.54) is 6.08 Å². The van der Waals surface area contributed by atoms with E-state index in [9.17, 15) is 14.4 Å². The van der Waals surface area contributed by atoms with E-state index in [-0.39, 0.29) is 12.5 Å². The number of thiocarbonyl (C=S) groups is 1. The molecule has 11 nitrogen and oxygen atoms in total. The Balaban J connectivity index is 1.18. The topological polar surface area (TPSA) is 124 Å². The summed E-state index contributed by atoms with van der Waals surface area (Å²) >= 11 is 5.40. The number of benzene rings is 2. The van der Waals surface area contributed by atoms with Gasteiger partial charge < -0.3 is 30.3 Å². The molecule has 0 spiro atoms. The van der Waals surface area contributed by atoms with Crippen LogP contribution in [0.15, 0.2) is 54.6 Å². The average molecular weight is 589 g/mol. The van der Waals surface area contributed by atoms with Crippen LogP contribution in [0, 0.1) is 11.8 Å². The van der Waals surface area contributed by atoms with Crippen molar-refractivity contribution in [1.82, 2.24) is 25.8 Å². The fourth-order valence-corrected chi connectivity index (χ4v) is 5.04.